The molecule has 0 aliphatic heterocycles. The second-order valence-electron chi connectivity index (χ2n) is 5.55. The molecule has 7 nitrogen and oxygen atoms in total. The van der Waals surface area contributed by atoms with Crippen LogP contribution in [0.1, 0.15) is 26.3 Å². The highest BCUT2D eigenvalue weighted by atomic mass is 16.6. The standard InChI is InChI=1S/C14H22N2O5/c1-14(2,3)21-13(20)16-7-6-15-8-9-4-5-10(17)12(19)11(9)18/h4-5,15,17-19H,6-8H2,1-3H3,(H,16,20). The van der Waals surface area contributed by atoms with Gasteiger partial charge in [0.05, 0.1) is 0 Å². The number of alkyl carbamates (subject to hydrolysis) is 1. The normalized spacial score (nSPS) is 11.2. The molecule has 21 heavy (non-hydrogen) atoms. The van der Waals surface area contributed by atoms with Crippen molar-refractivity contribution in [2.24, 2.45) is 0 Å². The van der Waals surface area contributed by atoms with E-state index in [1.54, 1.807) is 20.8 Å². The predicted molar refractivity (Wildman–Crippen MR) is 77.4 cm³/mol. The van der Waals surface area contributed by atoms with Crippen molar-refractivity contribution < 1.29 is 24.9 Å². The average molecular weight is 298 g/mol. The van der Waals surface area contributed by atoms with Gasteiger partial charge in [0.1, 0.15) is 5.60 Å². The molecule has 1 aromatic carbocycles. The van der Waals surface area contributed by atoms with Crippen molar-refractivity contribution in [1.82, 2.24) is 10.6 Å². The molecule has 0 radical (unpaired) electrons. The van der Waals surface area contributed by atoms with Crippen LogP contribution in [0.2, 0.25) is 0 Å². The number of phenolic OH excluding ortho intramolecular Hbond substituents is 3. The van der Waals surface area contributed by atoms with Gasteiger partial charge in [-0.15, -0.1) is 0 Å². The van der Waals surface area contributed by atoms with Crippen molar-refractivity contribution >= 4 is 6.09 Å². The Kier molecular flexibility index (Phi) is 5.66. The van der Waals surface area contributed by atoms with E-state index in [0.29, 0.717) is 18.7 Å². The lowest BCUT2D eigenvalue weighted by Gasteiger charge is -2.19. The maximum absolute atomic E-state index is 11.4. The van der Waals surface area contributed by atoms with E-state index in [1.807, 2.05) is 0 Å². The summed E-state index contributed by atoms with van der Waals surface area (Å²) in [5.41, 5.74) is -0.0880. The van der Waals surface area contributed by atoms with Crippen LogP contribution in [0.3, 0.4) is 0 Å². The minimum Gasteiger partial charge on any atom is -0.504 e. The van der Waals surface area contributed by atoms with Gasteiger partial charge >= 0.3 is 6.09 Å². The molecule has 1 aromatic rings. The molecule has 5 N–H and O–H groups in total. The Morgan fingerprint density at radius 1 is 1.14 bits per heavy atom. The molecule has 0 aliphatic carbocycles. The first-order valence-electron chi connectivity index (χ1n) is 6.61. The zero-order valence-corrected chi connectivity index (χ0v) is 12.4. The molecule has 0 bridgehead atoms. The smallest absolute Gasteiger partial charge is 0.407 e. The first-order valence-corrected chi connectivity index (χ1v) is 6.61. The van der Waals surface area contributed by atoms with Crippen LogP contribution in [0.5, 0.6) is 17.2 Å². The number of hydrogen-bond acceptors (Lipinski definition) is 6. The van der Waals surface area contributed by atoms with E-state index in [1.165, 1.54) is 12.1 Å². The minimum atomic E-state index is -0.541. The number of aromatic hydroxyl groups is 3. The van der Waals surface area contributed by atoms with Crippen molar-refractivity contribution in [3.8, 4) is 17.2 Å². The van der Waals surface area contributed by atoms with Crippen LogP contribution in [0, 0.1) is 0 Å². The minimum absolute atomic E-state index is 0.287. The van der Waals surface area contributed by atoms with Gasteiger partial charge in [-0.05, 0) is 26.8 Å². The van der Waals surface area contributed by atoms with E-state index >= 15 is 0 Å². The summed E-state index contributed by atoms with van der Waals surface area (Å²) in [4.78, 5) is 11.4. The van der Waals surface area contributed by atoms with Crippen molar-refractivity contribution in [3.05, 3.63) is 17.7 Å². The van der Waals surface area contributed by atoms with Crippen LogP contribution in [-0.2, 0) is 11.3 Å². The number of hydrogen-bond donors (Lipinski definition) is 5. The number of carbonyl (C=O) groups excluding carboxylic acids is 1. The molecule has 118 valence electrons. The first-order chi connectivity index (χ1) is 9.70. The maximum atomic E-state index is 11.4. The van der Waals surface area contributed by atoms with Crippen LogP contribution in [0.15, 0.2) is 12.1 Å². The highest BCUT2D eigenvalue weighted by Crippen LogP contribution is 2.36. The molecular formula is C14H22N2O5. The van der Waals surface area contributed by atoms with Gasteiger partial charge in [0.25, 0.3) is 0 Å². The fourth-order valence-corrected chi connectivity index (χ4v) is 1.54. The number of carbonyl (C=O) groups is 1. The van der Waals surface area contributed by atoms with E-state index in [0.717, 1.165) is 0 Å². The third-order valence-corrected chi connectivity index (χ3v) is 2.50. The highest BCUT2D eigenvalue weighted by Gasteiger charge is 2.15. The summed E-state index contributed by atoms with van der Waals surface area (Å²) in [6.07, 6.45) is -0.491. The van der Waals surface area contributed by atoms with Crippen molar-refractivity contribution in [1.29, 1.82) is 0 Å². The summed E-state index contributed by atoms with van der Waals surface area (Å²) < 4.78 is 5.07. The maximum Gasteiger partial charge on any atom is 0.407 e. The molecule has 1 amide bonds. The first kappa shape index (κ1) is 16.9. The summed E-state index contributed by atoms with van der Waals surface area (Å²) in [5, 5.41) is 33.7. The third-order valence-electron chi connectivity index (χ3n) is 2.50. The fraction of sp³-hybridized carbons (Fsp3) is 0.500. The number of phenols is 3. The molecule has 0 unspecified atom stereocenters. The number of rotatable bonds is 5. The molecule has 7 heteroatoms. The summed E-state index contributed by atoms with van der Waals surface area (Å²) in [6.45, 7) is 6.45. The monoisotopic (exact) mass is 298 g/mol. The third kappa shape index (κ3) is 5.78. The molecule has 0 atom stereocenters. The van der Waals surface area contributed by atoms with Gasteiger partial charge in [0.2, 0.25) is 5.75 Å². The summed E-state index contributed by atoms with van der Waals surface area (Å²) in [7, 11) is 0. The van der Waals surface area contributed by atoms with Crippen LogP contribution in [-0.4, -0.2) is 40.1 Å². The van der Waals surface area contributed by atoms with Gasteiger partial charge in [-0.2, -0.15) is 0 Å². The Morgan fingerprint density at radius 3 is 2.43 bits per heavy atom. The van der Waals surface area contributed by atoms with Crippen LogP contribution >= 0.6 is 0 Å². The van der Waals surface area contributed by atoms with Gasteiger partial charge in [0, 0.05) is 25.2 Å². The Morgan fingerprint density at radius 2 is 1.81 bits per heavy atom. The average Bonchev–Trinajstić information content (AvgIpc) is 2.36. The molecule has 0 fully saturated rings. The Bertz CT molecular complexity index is 497. The molecule has 0 saturated heterocycles. The van der Waals surface area contributed by atoms with E-state index in [2.05, 4.69) is 10.6 Å². The molecule has 0 aliphatic rings. The largest absolute Gasteiger partial charge is 0.504 e. The quantitative estimate of drug-likeness (QED) is 0.415. The van der Waals surface area contributed by atoms with Crippen LogP contribution in [0.4, 0.5) is 4.79 Å². The van der Waals surface area contributed by atoms with Crippen LogP contribution < -0.4 is 10.6 Å². The summed E-state index contributed by atoms with van der Waals surface area (Å²) >= 11 is 0. The number of nitrogens with one attached hydrogen (secondary N) is 2. The lowest BCUT2D eigenvalue weighted by molar-refractivity contribution is 0.0528. The van der Waals surface area contributed by atoms with Crippen molar-refractivity contribution in [3.63, 3.8) is 0 Å². The molecule has 0 spiro atoms. The Labute approximate surface area is 123 Å². The van der Waals surface area contributed by atoms with Gasteiger partial charge in [0.15, 0.2) is 11.5 Å². The van der Waals surface area contributed by atoms with Gasteiger partial charge in [-0.3, -0.25) is 0 Å². The summed E-state index contributed by atoms with van der Waals surface area (Å²) in [5.74, 6) is -1.27. The Hall–Kier alpha value is -2.15. The van der Waals surface area contributed by atoms with E-state index < -0.39 is 17.4 Å². The van der Waals surface area contributed by atoms with E-state index in [-0.39, 0.29) is 18.0 Å². The number of ether oxygens (including phenoxy) is 1. The topological polar surface area (TPSA) is 111 Å². The number of amides is 1. The Balaban J connectivity index is 2.29. The molecular weight excluding hydrogens is 276 g/mol. The molecule has 0 saturated carbocycles. The zero-order chi connectivity index (χ0) is 16.0. The highest BCUT2D eigenvalue weighted by molar-refractivity contribution is 5.67. The molecule has 0 heterocycles. The van der Waals surface area contributed by atoms with E-state index in [9.17, 15) is 20.1 Å². The lowest BCUT2D eigenvalue weighted by Crippen LogP contribution is -2.36. The molecule has 0 aromatic heterocycles. The van der Waals surface area contributed by atoms with Crippen molar-refractivity contribution in [2.75, 3.05) is 13.1 Å². The number of benzene rings is 1. The second kappa shape index (κ2) is 7.03. The van der Waals surface area contributed by atoms with Crippen molar-refractivity contribution in [2.45, 2.75) is 32.9 Å². The predicted octanol–water partition coefficient (Wildman–Crippen LogP) is 1.42. The summed E-state index contributed by atoms with van der Waals surface area (Å²) in [6, 6.07) is 2.80. The fourth-order valence-electron chi connectivity index (χ4n) is 1.54. The van der Waals surface area contributed by atoms with Gasteiger partial charge < -0.3 is 30.7 Å². The van der Waals surface area contributed by atoms with E-state index in [4.69, 9.17) is 4.74 Å². The van der Waals surface area contributed by atoms with Gasteiger partial charge in [-0.25, -0.2) is 4.79 Å². The zero-order valence-electron chi connectivity index (χ0n) is 12.4. The lowest BCUT2D eigenvalue weighted by atomic mass is 10.1. The SMILES string of the molecule is CC(C)(C)OC(=O)NCCNCc1ccc(O)c(O)c1O. The second-order valence-corrected chi connectivity index (χ2v) is 5.55. The van der Waals surface area contributed by atoms with Crippen LogP contribution in [0.25, 0.3) is 0 Å². The van der Waals surface area contributed by atoms with Gasteiger partial charge in [-0.1, -0.05) is 6.07 Å². The molecule has 1 rings (SSSR count).